The van der Waals surface area contributed by atoms with E-state index in [0.29, 0.717) is 5.56 Å². The maximum atomic E-state index is 13.2. The van der Waals surface area contributed by atoms with E-state index in [2.05, 4.69) is 17.6 Å². The molecule has 1 saturated heterocycles. The van der Waals surface area contributed by atoms with E-state index in [1.165, 1.54) is 12.1 Å². The van der Waals surface area contributed by atoms with E-state index in [0.717, 1.165) is 19.4 Å². The second-order valence-electron chi connectivity index (χ2n) is 5.28. The molecule has 0 aliphatic carbocycles. The normalized spacial score (nSPS) is 24.8. The molecule has 1 aromatic carbocycles. The Labute approximate surface area is 113 Å². The van der Waals surface area contributed by atoms with Crippen LogP contribution in [0.5, 0.6) is 0 Å². The number of carbonyl (C=O) groups is 1. The van der Waals surface area contributed by atoms with Crippen molar-refractivity contribution in [3.8, 4) is 0 Å². The molecular formula is C15H21FN2O. The van der Waals surface area contributed by atoms with Gasteiger partial charge < -0.3 is 10.6 Å². The van der Waals surface area contributed by atoms with Crippen molar-refractivity contribution in [2.45, 2.75) is 44.7 Å². The lowest BCUT2D eigenvalue weighted by molar-refractivity contribution is -0.123. The molecule has 0 radical (unpaired) electrons. The summed E-state index contributed by atoms with van der Waals surface area (Å²) in [6.45, 7) is 4.90. The molecule has 3 atom stereocenters. The van der Waals surface area contributed by atoms with Crippen LogP contribution in [0.15, 0.2) is 24.3 Å². The summed E-state index contributed by atoms with van der Waals surface area (Å²) in [5.74, 6) is -0.666. The minimum Gasteiger partial charge on any atom is -0.351 e. The first-order valence-electron chi connectivity index (χ1n) is 6.87. The molecule has 1 fully saturated rings. The number of halogens is 1. The first-order chi connectivity index (χ1) is 9.08. The highest BCUT2D eigenvalue weighted by molar-refractivity contribution is 5.83. The smallest absolute Gasteiger partial charge is 0.227 e. The second-order valence-corrected chi connectivity index (χ2v) is 5.28. The zero-order valence-electron chi connectivity index (χ0n) is 11.4. The third-order valence-electron chi connectivity index (χ3n) is 3.83. The van der Waals surface area contributed by atoms with Crippen LogP contribution in [0.25, 0.3) is 0 Å². The van der Waals surface area contributed by atoms with Gasteiger partial charge in [-0.2, -0.15) is 0 Å². The SMILES string of the molecule is CC(C(=O)NC1CCCNC1C)c1cccc(F)c1. The van der Waals surface area contributed by atoms with Crippen molar-refractivity contribution in [1.82, 2.24) is 10.6 Å². The largest absolute Gasteiger partial charge is 0.351 e. The third kappa shape index (κ3) is 3.53. The van der Waals surface area contributed by atoms with Crippen molar-refractivity contribution in [3.63, 3.8) is 0 Å². The predicted octanol–water partition coefficient (Wildman–Crippen LogP) is 2.19. The number of hydrogen-bond acceptors (Lipinski definition) is 2. The van der Waals surface area contributed by atoms with Crippen molar-refractivity contribution in [3.05, 3.63) is 35.6 Å². The maximum absolute atomic E-state index is 13.2. The van der Waals surface area contributed by atoms with Crippen molar-refractivity contribution in [2.75, 3.05) is 6.54 Å². The molecule has 19 heavy (non-hydrogen) atoms. The Morgan fingerprint density at radius 2 is 2.32 bits per heavy atom. The molecule has 2 N–H and O–H groups in total. The van der Waals surface area contributed by atoms with Crippen molar-refractivity contribution < 1.29 is 9.18 Å². The highest BCUT2D eigenvalue weighted by Crippen LogP contribution is 2.17. The summed E-state index contributed by atoms with van der Waals surface area (Å²) < 4.78 is 13.2. The van der Waals surface area contributed by atoms with Crippen LogP contribution in [0.3, 0.4) is 0 Å². The monoisotopic (exact) mass is 264 g/mol. The Morgan fingerprint density at radius 3 is 3.00 bits per heavy atom. The minimum absolute atomic E-state index is 0.0360. The first-order valence-corrected chi connectivity index (χ1v) is 6.87. The van der Waals surface area contributed by atoms with Crippen LogP contribution in [0.1, 0.15) is 38.2 Å². The van der Waals surface area contributed by atoms with Crippen molar-refractivity contribution in [2.24, 2.45) is 0 Å². The highest BCUT2D eigenvalue weighted by atomic mass is 19.1. The Kier molecular flexibility index (Phi) is 4.53. The van der Waals surface area contributed by atoms with E-state index >= 15 is 0 Å². The number of hydrogen-bond donors (Lipinski definition) is 2. The molecule has 0 saturated carbocycles. The molecule has 0 aromatic heterocycles. The second kappa shape index (κ2) is 6.15. The topological polar surface area (TPSA) is 41.1 Å². The van der Waals surface area contributed by atoms with Crippen molar-refractivity contribution >= 4 is 5.91 Å². The number of amides is 1. The van der Waals surface area contributed by atoms with Gasteiger partial charge in [0.1, 0.15) is 5.82 Å². The molecule has 1 amide bonds. The van der Waals surface area contributed by atoms with Crippen LogP contribution in [0.4, 0.5) is 4.39 Å². The molecule has 3 unspecified atom stereocenters. The fourth-order valence-corrected chi connectivity index (χ4v) is 2.48. The first kappa shape index (κ1) is 14.0. The van der Waals surface area contributed by atoms with Gasteiger partial charge in [-0.15, -0.1) is 0 Å². The summed E-state index contributed by atoms with van der Waals surface area (Å²) in [4.78, 5) is 12.2. The lowest BCUT2D eigenvalue weighted by Gasteiger charge is -2.31. The average Bonchev–Trinajstić information content (AvgIpc) is 2.40. The summed E-state index contributed by atoms with van der Waals surface area (Å²) in [5, 5.41) is 6.41. The minimum atomic E-state index is -0.329. The van der Waals surface area contributed by atoms with Crippen LogP contribution in [0.2, 0.25) is 0 Å². The highest BCUT2D eigenvalue weighted by Gasteiger charge is 2.25. The van der Waals surface area contributed by atoms with E-state index in [-0.39, 0.29) is 29.7 Å². The van der Waals surface area contributed by atoms with E-state index in [1.807, 2.05) is 6.92 Å². The van der Waals surface area contributed by atoms with Gasteiger partial charge >= 0.3 is 0 Å². The molecule has 1 aliphatic rings. The molecule has 0 spiro atoms. The van der Waals surface area contributed by atoms with Crippen LogP contribution < -0.4 is 10.6 Å². The van der Waals surface area contributed by atoms with Gasteiger partial charge in [0.05, 0.1) is 5.92 Å². The summed E-state index contributed by atoms with van der Waals surface area (Å²) in [7, 11) is 0. The fourth-order valence-electron chi connectivity index (χ4n) is 2.48. The van der Waals surface area contributed by atoms with Crippen molar-refractivity contribution in [1.29, 1.82) is 0 Å². The number of nitrogens with one attached hydrogen (secondary N) is 2. The van der Waals surface area contributed by atoms with Gasteiger partial charge in [-0.25, -0.2) is 4.39 Å². The molecule has 1 aromatic rings. The van der Waals surface area contributed by atoms with Crippen LogP contribution >= 0.6 is 0 Å². The average molecular weight is 264 g/mol. The van der Waals surface area contributed by atoms with Gasteiger partial charge in [0.15, 0.2) is 0 Å². The number of rotatable bonds is 3. The summed E-state index contributed by atoms with van der Waals surface area (Å²) in [5.41, 5.74) is 0.717. The molecule has 1 aliphatic heterocycles. The van der Waals surface area contributed by atoms with Crippen LogP contribution in [-0.4, -0.2) is 24.5 Å². The standard InChI is InChI=1S/C15H21FN2O/c1-10(12-5-3-6-13(16)9-12)15(19)18-14-7-4-8-17-11(14)2/h3,5-6,9-11,14,17H,4,7-8H2,1-2H3,(H,18,19). The molecule has 4 heteroatoms. The number of carbonyl (C=O) groups excluding carboxylic acids is 1. The quantitative estimate of drug-likeness (QED) is 0.878. The summed E-state index contributed by atoms with van der Waals surface area (Å²) in [6, 6.07) is 6.69. The molecule has 1 heterocycles. The van der Waals surface area contributed by atoms with Gasteiger partial charge in [0, 0.05) is 12.1 Å². The molecule has 2 rings (SSSR count). The lowest BCUT2D eigenvalue weighted by atomic mass is 9.96. The zero-order valence-corrected chi connectivity index (χ0v) is 11.4. The zero-order chi connectivity index (χ0) is 13.8. The Hall–Kier alpha value is -1.42. The van der Waals surface area contributed by atoms with E-state index in [4.69, 9.17) is 0 Å². The predicted molar refractivity (Wildman–Crippen MR) is 73.4 cm³/mol. The number of piperidine rings is 1. The Balaban J connectivity index is 1.99. The Morgan fingerprint density at radius 1 is 1.53 bits per heavy atom. The molecule has 3 nitrogen and oxygen atoms in total. The molecule has 0 bridgehead atoms. The molecule has 104 valence electrons. The van der Waals surface area contributed by atoms with E-state index in [9.17, 15) is 9.18 Å². The third-order valence-corrected chi connectivity index (χ3v) is 3.83. The van der Waals surface area contributed by atoms with E-state index < -0.39 is 0 Å². The summed E-state index contributed by atoms with van der Waals surface area (Å²) >= 11 is 0. The van der Waals surface area contributed by atoms with Gasteiger partial charge in [0.25, 0.3) is 0 Å². The van der Waals surface area contributed by atoms with Gasteiger partial charge in [-0.05, 0) is 50.9 Å². The lowest BCUT2D eigenvalue weighted by Crippen LogP contribution is -2.52. The van der Waals surface area contributed by atoms with E-state index in [1.54, 1.807) is 12.1 Å². The number of benzene rings is 1. The Bertz CT molecular complexity index is 450. The van der Waals surface area contributed by atoms with Gasteiger partial charge in [-0.1, -0.05) is 12.1 Å². The maximum Gasteiger partial charge on any atom is 0.227 e. The van der Waals surface area contributed by atoms with Crippen LogP contribution in [0, 0.1) is 5.82 Å². The van der Waals surface area contributed by atoms with Crippen LogP contribution in [-0.2, 0) is 4.79 Å². The van der Waals surface area contributed by atoms with Gasteiger partial charge in [0.2, 0.25) is 5.91 Å². The fraction of sp³-hybridized carbons (Fsp3) is 0.533. The summed E-state index contributed by atoms with van der Waals surface area (Å²) in [6.07, 6.45) is 2.07. The molecular weight excluding hydrogens is 243 g/mol. The van der Waals surface area contributed by atoms with Gasteiger partial charge in [-0.3, -0.25) is 4.79 Å².